The van der Waals surface area contributed by atoms with Gasteiger partial charge in [-0.1, -0.05) is 19.4 Å². The second kappa shape index (κ2) is 7.34. The molecule has 0 aliphatic heterocycles. The van der Waals surface area contributed by atoms with Crippen molar-refractivity contribution in [1.82, 2.24) is 0 Å². The molecule has 1 atom stereocenters. The molecule has 1 aromatic rings. The fraction of sp³-hybridized carbons (Fsp3) is 0.571. The van der Waals surface area contributed by atoms with E-state index in [1.807, 2.05) is 4.90 Å². The Morgan fingerprint density at radius 2 is 2.06 bits per heavy atom. The van der Waals surface area contributed by atoms with Crippen LogP contribution in [0.5, 0.6) is 0 Å². The Hall–Kier alpha value is -1.13. The van der Waals surface area contributed by atoms with Gasteiger partial charge in [-0.05, 0) is 25.5 Å². The lowest BCUT2D eigenvalue weighted by atomic mass is 10.1. The summed E-state index contributed by atoms with van der Waals surface area (Å²) in [6, 6.07) is 4.77. The Balaban J connectivity index is 3.06. The van der Waals surface area contributed by atoms with Crippen LogP contribution in [-0.4, -0.2) is 29.9 Å². The van der Waals surface area contributed by atoms with Gasteiger partial charge >= 0.3 is 0 Å². The molecule has 3 nitrogen and oxygen atoms in total. The molecule has 2 N–H and O–H groups in total. The highest BCUT2D eigenvalue weighted by atomic mass is 19.1. The van der Waals surface area contributed by atoms with Crippen LogP contribution in [-0.2, 0) is 0 Å². The highest BCUT2D eigenvalue weighted by Crippen LogP contribution is 2.29. The van der Waals surface area contributed by atoms with Gasteiger partial charge in [-0.25, -0.2) is 4.39 Å². The van der Waals surface area contributed by atoms with Gasteiger partial charge in [-0.3, -0.25) is 0 Å². The Morgan fingerprint density at radius 3 is 2.61 bits per heavy atom. The fourth-order valence-electron chi connectivity index (χ4n) is 2.04. The van der Waals surface area contributed by atoms with E-state index in [1.54, 1.807) is 19.1 Å². The SMILES string of the molecule is CCCCN(CCO)c1cccc(F)c1[C@H](C)O. The van der Waals surface area contributed by atoms with Crippen molar-refractivity contribution in [2.45, 2.75) is 32.8 Å². The normalized spacial score (nSPS) is 12.5. The Morgan fingerprint density at radius 1 is 1.33 bits per heavy atom. The molecule has 102 valence electrons. The maximum atomic E-state index is 13.8. The number of nitrogens with zero attached hydrogens (tertiary/aromatic N) is 1. The van der Waals surface area contributed by atoms with Crippen molar-refractivity contribution in [3.8, 4) is 0 Å². The van der Waals surface area contributed by atoms with Crippen molar-refractivity contribution in [1.29, 1.82) is 0 Å². The third-order valence-electron chi connectivity index (χ3n) is 2.94. The first-order valence-corrected chi connectivity index (χ1v) is 6.44. The average Bonchev–Trinajstić information content (AvgIpc) is 2.33. The zero-order valence-electron chi connectivity index (χ0n) is 11.1. The van der Waals surface area contributed by atoms with Crippen LogP contribution in [0.1, 0.15) is 38.4 Å². The second-order valence-corrected chi connectivity index (χ2v) is 4.41. The summed E-state index contributed by atoms with van der Waals surface area (Å²) in [5.41, 5.74) is 0.981. The number of unbranched alkanes of at least 4 members (excludes halogenated alkanes) is 1. The molecule has 1 aromatic carbocycles. The van der Waals surface area contributed by atoms with Gasteiger partial charge in [0.25, 0.3) is 0 Å². The topological polar surface area (TPSA) is 43.7 Å². The number of aliphatic hydroxyl groups excluding tert-OH is 2. The summed E-state index contributed by atoms with van der Waals surface area (Å²) in [4.78, 5) is 1.93. The number of hydrogen-bond acceptors (Lipinski definition) is 3. The molecular formula is C14H22FNO2. The van der Waals surface area contributed by atoms with E-state index in [0.29, 0.717) is 17.8 Å². The van der Waals surface area contributed by atoms with Crippen LogP contribution in [0.15, 0.2) is 18.2 Å². The van der Waals surface area contributed by atoms with Gasteiger partial charge < -0.3 is 15.1 Å². The van der Waals surface area contributed by atoms with Crippen LogP contribution in [0.2, 0.25) is 0 Å². The van der Waals surface area contributed by atoms with Gasteiger partial charge in [-0.2, -0.15) is 0 Å². The molecule has 0 aromatic heterocycles. The maximum Gasteiger partial charge on any atom is 0.131 e. The minimum absolute atomic E-state index is 0.0134. The summed E-state index contributed by atoms with van der Waals surface area (Å²) in [6.07, 6.45) is 1.14. The molecule has 0 amide bonds. The number of hydrogen-bond donors (Lipinski definition) is 2. The van der Waals surface area contributed by atoms with Crippen LogP contribution in [0, 0.1) is 5.82 Å². The number of benzene rings is 1. The van der Waals surface area contributed by atoms with E-state index in [2.05, 4.69) is 6.92 Å². The van der Waals surface area contributed by atoms with E-state index in [9.17, 15) is 9.50 Å². The third-order valence-corrected chi connectivity index (χ3v) is 2.94. The summed E-state index contributed by atoms with van der Waals surface area (Å²) in [5.74, 6) is -0.401. The Kier molecular flexibility index (Phi) is 6.09. The third kappa shape index (κ3) is 3.68. The predicted molar refractivity (Wildman–Crippen MR) is 71.2 cm³/mol. The summed E-state index contributed by atoms with van der Waals surface area (Å²) in [5, 5.41) is 18.8. The maximum absolute atomic E-state index is 13.8. The van der Waals surface area contributed by atoms with Gasteiger partial charge in [0.05, 0.1) is 12.7 Å². The molecule has 0 aliphatic rings. The van der Waals surface area contributed by atoms with Crippen molar-refractivity contribution >= 4 is 5.69 Å². The highest BCUT2D eigenvalue weighted by molar-refractivity contribution is 5.55. The number of rotatable bonds is 7. The standard InChI is InChI=1S/C14H22FNO2/c1-3-4-8-16(9-10-17)13-7-5-6-12(15)14(13)11(2)18/h5-7,11,17-18H,3-4,8-10H2,1-2H3/t11-/m0/s1. The van der Waals surface area contributed by atoms with Crippen LogP contribution >= 0.6 is 0 Å². The van der Waals surface area contributed by atoms with Crippen molar-refractivity contribution in [2.24, 2.45) is 0 Å². The lowest BCUT2D eigenvalue weighted by Crippen LogP contribution is -2.29. The fourth-order valence-corrected chi connectivity index (χ4v) is 2.04. The van der Waals surface area contributed by atoms with Gasteiger partial charge in [0.15, 0.2) is 0 Å². The molecule has 0 radical (unpaired) electrons. The molecule has 0 bridgehead atoms. The van der Waals surface area contributed by atoms with E-state index in [-0.39, 0.29) is 6.61 Å². The van der Waals surface area contributed by atoms with E-state index in [0.717, 1.165) is 19.4 Å². The van der Waals surface area contributed by atoms with Crippen molar-refractivity contribution in [3.05, 3.63) is 29.6 Å². The zero-order chi connectivity index (χ0) is 13.5. The van der Waals surface area contributed by atoms with E-state index in [1.165, 1.54) is 6.07 Å². The molecule has 1 rings (SSSR count). The summed E-state index contributed by atoms with van der Waals surface area (Å²) < 4.78 is 13.8. The molecule has 18 heavy (non-hydrogen) atoms. The van der Waals surface area contributed by atoms with Gasteiger partial charge in [0, 0.05) is 24.3 Å². The monoisotopic (exact) mass is 255 g/mol. The Labute approximate surface area is 108 Å². The van der Waals surface area contributed by atoms with Gasteiger partial charge in [-0.15, -0.1) is 0 Å². The predicted octanol–water partition coefficient (Wildman–Crippen LogP) is 2.48. The minimum Gasteiger partial charge on any atom is -0.395 e. The van der Waals surface area contributed by atoms with Crippen LogP contribution in [0.3, 0.4) is 0 Å². The zero-order valence-corrected chi connectivity index (χ0v) is 11.1. The molecule has 0 heterocycles. The average molecular weight is 255 g/mol. The first-order valence-electron chi connectivity index (χ1n) is 6.44. The first-order chi connectivity index (χ1) is 8.61. The molecule has 0 fully saturated rings. The smallest absolute Gasteiger partial charge is 0.131 e. The lowest BCUT2D eigenvalue weighted by Gasteiger charge is -2.27. The summed E-state index contributed by atoms with van der Waals surface area (Å²) in [7, 11) is 0. The van der Waals surface area contributed by atoms with Crippen LogP contribution in [0.25, 0.3) is 0 Å². The lowest BCUT2D eigenvalue weighted by molar-refractivity contribution is 0.194. The summed E-state index contributed by atoms with van der Waals surface area (Å²) in [6.45, 7) is 4.85. The quantitative estimate of drug-likeness (QED) is 0.786. The first kappa shape index (κ1) is 14.9. The molecule has 0 saturated heterocycles. The van der Waals surface area contributed by atoms with Gasteiger partial charge in [0.1, 0.15) is 5.82 Å². The molecule has 4 heteroatoms. The Bertz CT molecular complexity index is 369. The molecule has 0 spiro atoms. The van der Waals surface area contributed by atoms with Crippen molar-refractivity contribution < 1.29 is 14.6 Å². The molecule has 0 unspecified atom stereocenters. The molecule has 0 aliphatic carbocycles. The van der Waals surface area contributed by atoms with Crippen LogP contribution < -0.4 is 4.90 Å². The minimum atomic E-state index is -0.857. The summed E-state index contributed by atoms with van der Waals surface area (Å²) >= 11 is 0. The van der Waals surface area contributed by atoms with Crippen molar-refractivity contribution in [2.75, 3.05) is 24.6 Å². The number of halogens is 1. The number of aliphatic hydroxyl groups is 2. The van der Waals surface area contributed by atoms with Crippen molar-refractivity contribution in [3.63, 3.8) is 0 Å². The van der Waals surface area contributed by atoms with E-state index in [4.69, 9.17) is 5.11 Å². The number of anilines is 1. The second-order valence-electron chi connectivity index (χ2n) is 4.41. The van der Waals surface area contributed by atoms with E-state index >= 15 is 0 Å². The molecular weight excluding hydrogens is 233 g/mol. The van der Waals surface area contributed by atoms with E-state index < -0.39 is 11.9 Å². The largest absolute Gasteiger partial charge is 0.395 e. The van der Waals surface area contributed by atoms with Crippen LogP contribution in [0.4, 0.5) is 10.1 Å². The van der Waals surface area contributed by atoms with Gasteiger partial charge in [0.2, 0.25) is 0 Å². The highest BCUT2D eigenvalue weighted by Gasteiger charge is 2.17. The molecule has 0 saturated carbocycles.